The number of esters is 1. The summed E-state index contributed by atoms with van der Waals surface area (Å²) in [5, 5.41) is 0. The summed E-state index contributed by atoms with van der Waals surface area (Å²) in [4.78, 5) is 12.1. The van der Waals surface area contributed by atoms with Crippen molar-refractivity contribution in [3.8, 4) is 22.6 Å². The molecular weight excluding hydrogens is 481 g/mol. The molecule has 0 aliphatic carbocycles. The minimum absolute atomic E-state index is 0. The van der Waals surface area contributed by atoms with Crippen LogP contribution in [0.3, 0.4) is 0 Å². The standard InChI is InChI=1S/C25H25O4Si.Y/c1-27-30(2,3)19-28-23-14-9-20(10-15-23)11-18-25(26)29-24-16-12-22(13-17-24)21-7-5-4-6-8-21;/h5-18H,19H2,1-3H3;/q-1;+3/b18-11+;. The van der Waals surface area contributed by atoms with Crippen LogP contribution in [0, 0.1) is 6.07 Å². The molecule has 154 valence electrons. The summed E-state index contributed by atoms with van der Waals surface area (Å²) in [5.74, 6) is 0.860. The first-order valence-electron chi connectivity index (χ1n) is 9.70. The van der Waals surface area contributed by atoms with Crippen LogP contribution in [0.5, 0.6) is 11.5 Å². The van der Waals surface area contributed by atoms with Gasteiger partial charge in [-0.25, -0.2) is 4.79 Å². The van der Waals surface area contributed by atoms with Gasteiger partial charge in [0.05, 0.1) is 0 Å². The van der Waals surface area contributed by atoms with Crippen LogP contribution in [0.1, 0.15) is 5.56 Å². The molecule has 0 bridgehead atoms. The predicted molar refractivity (Wildman–Crippen MR) is 122 cm³/mol. The van der Waals surface area contributed by atoms with Crippen LogP contribution < -0.4 is 9.47 Å². The van der Waals surface area contributed by atoms with Crippen molar-refractivity contribution in [2.24, 2.45) is 0 Å². The molecule has 0 radical (unpaired) electrons. The summed E-state index contributed by atoms with van der Waals surface area (Å²) in [6.07, 6.45) is 3.72. The van der Waals surface area contributed by atoms with Crippen molar-refractivity contribution in [2.45, 2.75) is 13.1 Å². The van der Waals surface area contributed by atoms with Crippen LogP contribution in [-0.2, 0) is 41.9 Å². The first kappa shape index (κ1) is 25.2. The minimum atomic E-state index is -1.76. The summed E-state index contributed by atoms with van der Waals surface area (Å²) in [7, 11) is -0.0415. The van der Waals surface area contributed by atoms with Gasteiger partial charge in [-0.2, -0.15) is 30.3 Å². The fourth-order valence-corrected chi connectivity index (χ4v) is 3.23. The number of ether oxygens (including phenoxy) is 2. The first-order chi connectivity index (χ1) is 14.4. The molecule has 0 aromatic heterocycles. The van der Waals surface area contributed by atoms with E-state index in [4.69, 9.17) is 13.9 Å². The average Bonchev–Trinajstić information content (AvgIpc) is 2.78. The van der Waals surface area contributed by atoms with Gasteiger partial charge < -0.3 is 13.9 Å². The monoisotopic (exact) mass is 506 g/mol. The van der Waals surface area contributed by atoms with E-state index in [1.165, 1.54) is 6.08 Å². The van der Waals surface area contributed by atoms with E-state index in [2.05, 4.69) is 19.2 Å². The molecule has 4 nitrogen and oxygen atoms in total. The second-order valence-corrected chi connectivity index (χ2v) is 11.6. The fraction of sp³-hybridized carbons (Fsp3) is 0.160. The summed E-state index contributed by atoms with van der Waals surface area (Å²) in [6.45, 7) is 4.20. The minimum Gasteiger partial charge on any atom is -0.494 e. The topological polar surface area (TPSA) is 44.8 Å². The molecule has 0 saturated heterocycles. The van der Waals surface area contributed by atoms with E-state index in [1.807, 2.05) is 60.7 Å². The Morgan fingerprint density at radius 2 is 1.48 bits per heavy atom. The molecule has 3 aromatic carbocycles. The molecule has 0 saturated carbocycles. The van der Waals surface area contributed by atoms with E-state index >= 15 is 0 Å². The Hall–Kier alpha value is -2.05. The van der Waals surface area contributed by atoms with Gasteiger partial charge in [0.1, 0.15) is 17.7 Å². The molecule has 0 aliphatic heterocycles. The maximum atomic E-state index is 12.1. The predicted octanol–water partition coefficient (Wildman–Crippen LogP) is 5.54. The molecule has 0 amide bonds. The van der Waals surface area contributed by atoms with Gasteiger partial charge in [0.25, 0.3) is 0 Å². The summed E-state index contributed by atoms with van der Waals surface area (Å²) < 4.78 is 16.6. The van der Waals surface area contributed by atoms with E-state index in [0.29, 0.717) is 12.0 Å². The molecule has 3 aromatic rings. The van der Waals surface area contributed by atoms with Gasteiger partial charge in [-0.15, -0.1) is 5.56 Å². The molecule has 0 N–H and O–H groups in total. The zero-order valence-corrected chi connectivity index (χ0v) is 21.8. The van der Waals surface area contributed by atoms with Crippen LogP contribution in [-0.4, -0.2) is 27.6 Å². The van der Waals surface area contributed by atoms with Crippen LogP contribution in [0.25, 0.3) is 17.2 Å². The Morgan fingerprint density at radius 3 is 2.10 bits per heavy atom. The number of benzene rings is 3. The molecule has 6 heteroatoms. The van der Waals surface area contributed by atoms with Crippen molar-refractivity contribution in [3.05, 3.63) is 90.5 Å². The van der Waals surface area contributed by atoms with E-state index < -0.39 is 14.3 Å². The van der Waals surface area contributed by atoms with Crippen molar-refractivity contribution >= 4 is 20.4 Å². The third-order valence-corrected chi connectivity index (χ3v) is 6.50. The van der Waals surface area contributed by atoms with E-state index in [9.17, 15) is 4.79 Å². The normalized spacial score (nSPS) is 11.1. The first-order valence-corrected chi connectivity index (χ1v) is 12.8. The molecule has 0 atom stereocenters. The molecule has 31 heavy (non-hydrogen) atoms. The van der Waals surface area contributed by atoms with Crippen molar-refractivity contribution in [3.63, 3.8) is 0 Å². The molecule has 0 unspecified atom stereocenters. The fourth-order valence-electron chi connectivity index (χ4n) is 2.60. The largest absolute Gasteiger partial charge is 3.00 e. The third-order valence-electron chi connectivity index (χ3n) is 4.56. The Labute approximate surface area is 210 Å². The maximum Gasteiger partial charge on any atom is 3.00 e. The summed E-state index contributed by atoms with van der Waals surface area (Å²) >= 11 is 0. The SMILES string of the molecule is CO[Si](C)(C)COc1ccc(/C=C/C(=O)Oc2ccc(-c3cc[c-]cc3)cc2)cc1.[Y+3]. The van der Waals surface area contributed by atoms with Gasteiger partial charge in [-0.05, 0) is 54.6 Å². The van der Waals surface area contributed by atoms with Gasteiger partial charge in [0.2, 0.25) is 8.32 Å². The van der Waals surface area contributed by atoms with Gasteiger partial charge in [-0.3, -0.25) is 0 Å². The number of rotatable bonds is 8. The van der Waals surface area contributed by atoms with Crippen molar-refractivity contribution in [2.75, 3.05) is 13.3 Å². The Balaban J connectivity index is 0.00000341. The van der Waals surface area contributed by atoms with Crippen molar-refractivity contribution < 1.29 is 51.4 Å². The van der Waals surface area contributed by atoms with Gasteiger partial charge in [-0.1, -0.05) is 24.3 Å². The summed E-state index contributed by atoms with van der Waals surface area (Å²) in [6, 6.07) is 25.7. The zero-order valence-electron chi connectivity index (χ0n) is 18.0. The average molecular weight is 506 g/mol. The number of hydrogen-bond acceptors (Lipinski definition) is 4. The van der Waals surface area contributed by atoms with Gasteiger partial charge in [0.15, 0.2) is 0 Å². The van der Waals surface area contributed by atoms with E-state index in [1.54, 1.807) is 25.3 Å². The second-order valence-electron chi connectivity index (χ2n) is 7.39. The molecule has 0 heterocycles. The van der Waals surface area contributed by atoms with Crippen LogP contribution in [0.2, 0.25) is 13.1 Å². The van der Waals surface area contributed by atoms with Crippen LogP contribution >= 0.6 is 0 Å². The molecule has 0 spiro atoms. The zero-order chi connectivity index (χ0) is 21.4. The number of carbonyl (C=O) groups excluding carboxylic acids is 1. The third kappa shape index (κ3) is 8.19. The van der Waals surface area contributed by atoms with Crippen LogP contribution in [0.15, 0.2) is 78.9 Å². The molecule has 0 fully saturated rings. The summed E-state index contributed by atoms with van der Waals surface area (Å²) in [5.41, 5.74) is 3.03. The quantitative estimate of drug-likeness (QED) is 0.132. The molecule has 3 rings (SSSR count). The number of carbonyl (C=O) groups is 1. The van der Waals surface area contributed by atoms with Gasteiger partial charge >= 0.3 is 38.7 Å². The second kappa shape index (κ2) is 12.1. The van der Waals surface area contributed by atoms with E-state index in [0.717, 1.165) is 22.4 Å². The smallest absolute Gasteiger partial charge is 0.494 e. The van der Waals surface area contributed by atoms with Crippen molar-refractivity contribution in [1.29, 1.82) is 0 Å². The molecule has 0 aliphatic rings. The van der Waals surface area contributed by atoms with Gasteiger partial charge in [0, 0.05) is 13.2 Å². The van der Waals surface area contributed by atoms with Crippen LogP contribution in [0.4, 0.5) is 0 Å². The number of hydrogen-bond donors (Lipinski definition) is 0. The van der Waals surface area contributed by atoms with E-state index in [-0.39, 0.29) is 32.7 Å². The molecular formula is C25H25O4SiY+2. The van der Waals surface area contributed by atoms with Crippen molar-refractivity contribution in [1.82, 2.24) is 0 Å². The Bertz CT molecular complexity index is 984. The Kier molecular flexibility index (Phi) is 9.85. The maximum absolute atomic E-state index is 12.1. The Morgan fingerprint density at radius 1 is 0.903 bits per heavy atom.